The summed E-state index contributed by atoms with van der Waals surface area (Å²) in [7, 11) is 0. The Hall–Kier alpha value is -2.95. The van der Waals surface area contributed by atoms with Gasteiger partial charge in [-0.15, -0.1) is 0 Å². The van der Waals surface area contributed by atoms with Crippen molar-refractivity contribution in [2.75, 3.05) is 0 Å². The highest BCUT2D eigenvalue weighted by molar-refractivity contribution is 6.06. The van der Waals surface area contributed by atoms with Gasteiger partial charge in [0.05, 0.1) is 17.3 Å². The monoisotopic (exact) mass is 293 g/mol. The van der Waals surface area contributed by atoms with Crippen molar-refractivity contribution in [2.24, 2.45) is 0 Å². The number of hydrogen-bond donors (Lipinski definition) is 2. The van der Waals surface area contributed by atoms with E-state index in [4.69, 9.17) is 0 Å². The van der Waals surface area contributed by atoms with Crippen LogP contribution in [0.3, 0.4) is 0 Å². The molecule has 2 aromatic heterocycles. The van der Waals surface area contributed by atoms with Crippen molar-refractivity contribution in [2.45, 2.75) is 13.0 Å². The van der Waals surface area contributed by atoms with Gasteiger partial charge in [-0.2, -0.15) is 0 Å². The van der Waals surface area contributed by atoms with E-state index in [0.717, 1.165) is 5.69 Å². The lowest BCUT2D eigenvalue weighted by atomic mass is 10.1. The number of pyridine rings is 2. The van der Waals surface area contributed by atoms with E-state index in [-0.39, 0.29) is 17.5 Å². The minimum Gasteiger partial charge on any atom is -0.344 e. The van der Waals surface area contributed by atoms with Gasteiger partial charge in [0, 0.05) is 23.2 Å². The number of para-hydroxylation sites is 1. The van der Waals surface area contributed by atoms with Crippen LogP contribution >= 0.6 is 0 Å². The van der Waals surface area contributed by atoms with Crippen LogP contribution < -0.4 is 10.9 Å². The molecular weight excluding hydrogens is 278 g/mol. The fourth-order valence-corrected chi connectivity index (χ4v) is 2.37. The number of fused-ring (bicyclic) bond motifs is 1. The predicted octanol–water partition coefficient (Wildman–Crippen LogP) is 2.41. The van der Waals surface area contributed by atoms with Crippen LogP contribution in [-0.2, 0) is 0 Å². The first kappa shape index (κ1) is 14.0. The van der Waals surface area contributed by atoms with E-state index in [1.54, 1.807) is 12.3 Å². The standard InChI is InChI=1S/C17H15N3O2/c1-11(14-7-4-5-9-18-14)19-17(22)13-10-16(21)20-15-8-3-2-6-12(13)15/h2-11H,1H3,(H,19,22)(H,20,21)/t11-/m0/s1. The van der Waals surface area contributed by atoms with Crippen LogP contribution in [0, 0.1) is 0 Å². The summed E-state index contributed by atoms with van der Waals surface area (Å²) in [5, 5.41) is 3.59. The van der Waals surface area contributed by atoms with E-state index >= 15 is 0 Å². The van der Waals surface area contributed by atoms with Gasteiger partial charge in [-0.1, -0.05) is 24.3 Å². The second kappa shape index (κ2) is 5.81. The van der Waals surface area contributed by atoms with Crippen LogP contribution in [0.5, 0.6) is 0 Å². The Bertz CT molecular complexity index is 872. The quantitative estimate of drug-likeness (QED) is 0.778. The van der Waals surface area contributed by atoms with Crippen LogP contribution in [0.25, 0.3) is 10.9 Å². The lowest BCUT2D eigenvalue weighted by molar-refractivity contribution is 0.0940. The Morgan fingerprint density at radius 3 is 2.73 bits per heavy atom. The Labute approximate surface area is 127 Å². The number of nitrogens with one attached hydrogen (secondary N) is 2. The van der Waals surface area contributed by atoms with Crippen LogP contribution in [0.4, 0.5) is 0 Å². The highest BCUT2D eigenvalue weighted by Gasteiger charge is 2.15. The molecule has 0 saturated carbocycles. The van der Waals surface area contributed by atoms with Gasteiger partial charge >= 0.3 is 0 Å². The predicted molar refractivity (Wildman–Crippen MR) is 84.7 cm³/mol. The maximum absolute atomic E-state index is 12.5. The molecule has 0 bridgehead atoms. The van der Waals surface area contributed by atoms with Crippen LogP contribution in [0.15, 0.2) is 59.5 Å². The lowest BCUT2D eigenvalue weighted by Crippen LogP contribution is -2.28. The molecule has 0 aliphatic heterocycles. The molecule has 1 aromatic carbocycles. The van der Waals surface area contributed by atoms with Gasteiger partial charge in [-0.25, -0.2) is 0 Å². The second-order valence-electron chi connectivity index (χ2n) is 5.04. The van der Waals surface area contributed by atoms with E-state index in [2.05, 4.69) is 15.3 Å². The first-order valence-electron chi connectivity index (χ1n) is 6.99. The summed E-state index contributed by atoms with van der Waals surface area (Å²) >= 11 is 0. The number of aromatic amines is 1. The molecule has 0 aliphatic carbocycles. The molecule has 0 aliphatic rings. The second-order valence-corrected chi connectivity index (χ2v) is 5.04. The van der Waals surface area contributed by atoms with Gasteiger partial charge in [0.25, 0.3) is 5.91 Å². The number of aromatic nitrogens is 2. The smallest absolute Gasteiger partial charge is 0.252 e. The summed E-state index contributed by atoms with van der Waals surface area (Å²) in [4.78, 5) is 31.2. The third-order valence-electron chi connectivity index (χ3n) is 3.47. The molecular formula is C17H15N3O2. The van der Waals surface area contributed by atoms with E-state index in [9.17, 15) is 9.59 Å². The third-order valence-corrected chi connectivity index (χ3v) is 3.47. The lowest BCUT2D eigenvalue weighted by Gasteiger charge is -2.14. The Morgan fingerprint density at radius 1 is 1.18 bits per heavy atom. The molecule has 0 radical (unpaired) electrons. The van der Waals surface area contributed by atoms with E-state index in [1.165, 1.54) is 6.07 Å². The Balaban J connectivity index is 1.94. The number of hydrogen-bond acceptors (Lipinski definition) is 3. The average molecular weight is 293 g/mol. The third kappa shape index (κ3) is 2.74. The normalized spacial score (nSPS) is 12.0. The van der Waals surface area contributed by atoms with E-state index < -0.39 is 0 Å². The largest absolute Gasteiger partial charge is 0.344 e. The van der Waals surface area contributed by atoms with Gasteiger partial charge in [-0.3, -0.25) is 14.6 Å². The van der Waals surface area contributed by atoms with Crippen LogP contribution in [0.1, 0.15) is 29.0 Å². The van der Waals surface area contributed by atoms with Gasteiger partial charge < -0.3 is 10.3 Å². The fraction of sp³-hybridized carbons (Fsp3) is 0.118. The fourth-order valence-electron chi connectivity index (χ4n) is 2.37. The minimum atomic E-state index is -0.297. The molecule has 3 aromatic rings. The molecule has 5 heteroatoms. The molecule has 1 atom stereocenters. The summed E-state index contributed by atoms with van der Waals surface area (Å²) in [5.74, 6) is -0.291. The number of carbonyl (C=O) groups is 1. The average Bonchev–Trinajstić information content (AvgIpc) is 2.54. The maximum atomic E-state index is 12.5. The van der Waals surface area contributed by atoms with Gasteiger partial charge in [0.1, 0.15) is 0 Å². The number of rotatable bonds is 3. The summed E-state index contributed by atoms with van der Waals surface area (Å²) in [6.07, 6.45) is 1.68. The molecule has 2 N–H and O–H groups in total. The first-order valence-corrected chi connectivity index (χ1v) is 6.99. The van der Waals surface area contributed by atoms with Crippen molar-refractivity contribution in [1.82, 2.24) is 15.3 Å². The topological polar surface area (TPSA) is 74.8 Å². The van der Waals surface area contributed by atoms with Crippen molar-refractivity contribution >= 4 is 16.8 Å². The van der Waals surface area contributed by atoms with Crippen molar-refractivity contribution < 1.29 is 4.79 Å². The van der Waals surface area contributed by atoms with Gasteiger partial charge in [-0.05, 0) is 25.1 Å². The summed E-state index contributed by atoms with van der Waals surface area (Å²) in [6, 6.07) is 13.9. The van der Waals surface area contributed by atoms with Crippen molar-refractivity contribution in [1.29, 1.82) is 0 Å². The van der Waals surface area contributed by atoms with Crippen molar-refractivity contribution in [3.8, 4) is 0 Å². The van der Waals surface area contributed by atoms with Crippen molar-refractivity contribution in [3.05, 3.63) is 76.3 Å². The zero-order chi connectivity index (χ0) is 15.5. The number of nitrogens with zero attached hydrogens (tertiary/aromatic N) is 1. The Morgan fingerprint density at radius 2 is 1.95 bits per heavy atom. The molecule has 0 unspecified atom stereocenters. The highest BCUT2D eigenvalue weighted by Crippen LogP contribution is 2.16. The Kier molecular flexibility index (Phi) is 3.70. The van der Waals surface area contributed by atoms with Crippen LogP contribution in [0.2, 0.25) is 0 Å². The molecule has 22 heavy (non-hydrogen) atoms. The zero-order valence-corrected chi connectivity index (χ0v) is 12.0. The summed E-state index contributed by atoms with van der Waals surface area (Å²) < 4.78 is 0. The van der Waals surface area contributed by atoms with Gasteiger partial charge in [0.15, 0.2) is 0 Å². The molecule has 0 fully saturated rings. The molecule has 0 spiro atoms. The van der Waals surface area contributed by atoms with E-state index in [1.807, 2.05) is 43.3 Å². The number of H-pyrrole nitrogens is 1. The van der Waals surface area contributed by atoms with Gasteiger partial charge in [0.2, 0.25) is 5.56 Å². The number of benzene rings is 1. The zero-order valence-electron chi connectivity index (χ0n) is 12.0. The summed E-state index contributed by atoms with van der Waals surface area (Å²) in [6.45, 7) is 1.86. The highest BCUT2D eigenvalue weighted by atomic mass is 16.2. The molecule has 0 saturated heterocycles. The minimum absolute atomic E-state index is 0.244. The molecule has 3 rings (SSSR count). The first-order chi connectivity index (χ1) is 10.6. The molecule has 1 amide bonds. The SMILES string of the molecule is C[C@H](NC(=O)c1cc(=O)[nH]c2ccccc12)c1ccccn1. The van der Waals surface area contributed by atoms with E-state index in [0.29, 0.717) is 16.5 Å². The van der Waals surface area contributed by atoms with Crippen molar-refractivity contribution in [3.63, 3.8) is 0 Å². The molecule has 2 heterocycles. The number of amides is 1. The molecule has 5 nitrogen and oxygen atoms in total. The van der Waals surface area contributed by atoms with Crippen LogP contribution in [-0.4, -0.2) is 15.9 Å². The number of carbonyl (C=O) groups excluding carboxylic acids is 1. The maximum Gasteiger partial charge on any atom is 0.252 e. The molecule has 110 valence electrons. The summed E-state index contributed by atoms with van der Waals surface area (Å²) in [5.41, 5.74) is 1.48.